The number of hydrogen-bond donors (Lipinski definition) is 1. The smallest absolute Gasteiger partial charge is 0.323 e. The van der Waals surface area contributed by atoms with Crippen molar-refractivity contribution in [2.75, 3.05) is 13.7 Å². The first-order chi connectivity index (χ1) is 8.74. The molecule has 2 rings (SSSR count). The zero-order valence-electron chi connectivity index (χ0n) is 10.8. The molecule has 1 aliphatic heterocycles. The van der Waals surface area contributed by atoms with Gasteiger partial charge in [0.25, 0.3) is 0 Å². The third-order valence-corrected chi connectivity index (χ3v) is 3.22. The summed E-state index contributed by atoms with van der Waals surface area (Å²) in [5.41, 5.74) is 1.19. The second-order valence-corrected chi connectivity index (χ2v) is 4.42. The van der Waals surface area contributed by atoms with E-state index in [4.69, 9.17) is 9.47 Å². The van der Waals surface area contributed by atoms with Gasteiger partial charge in [0.05, 0.1) is 7.11 Å². The number of ether oxygens (including phenoxy) is 2. The summed E-state index contributed by atoms with van der Waals surface area (Å²) in [6.45, 7) is 2.78. The van der Waals surface area contributed by atoms with E-state index in [-0.39, 0.29) is 18.1 Å². The number of carbonyl (C=O) groups excluding carboxylic acids is 1. The Morgan fingerprint density at radius 2 is 2.22 bits per heavy atom. The summed E-state index contributed by atoms with van der Waals surface area (Å²) in [6, 6.07) is 7.78. The molecule has 0 spiro atoms. The predicted octanol–water partition coefficient (Wildman–Crippen LogP) is 1.53. The van der Waals surface area contributed by atoms with Gasteiger partial charge in [-0.25, -0.2) is 0 Å². The van der Waals surface area contributed by atoms with Crippen LogP contribution >= 0.6 is 0 Å². The minimum absolute atomic E-state index is 0.0294. The van der Waals surface area contributed by atoms with Gasteiger partial charge >= 0.3 is 5.97 Å². The molecule has 18 heavy (non-hydrogen) atoms. The molecule has 0 saturated carbocycles. The molecule has 1 aromatic rings. The summed E-state index contributed by atoms with van der Waals surface area (Å²) < 4.78 is 10.7. The Kier molecular flexibility index (Phi) is 4.20. The molecule has 1 N–H and O–H groups in total. The van der Waals surface area contributed by atoms with E-state index in [0.29, 0.717) is 13.0 Å². The Bertz CT molecular complexity index is 419. The Morgan fingerprint density at radius 3 is 2.94 bits per heavy atom. The van der Waals surface area contributed by atoms with Crippen molar-refractivity contribution in [2.45, 2.75) is 31.9 Å². The van der Waals surface area contributed by atoms with E-state index >= 15 is 0 Å². The highest BCUT2D eigenvalue weighted by atomic mass is 16.5. The average molecular weight is 249 g/mol. The van der Waals surface area contributed by atoms with Crippen molar-refractivity contribution in [1.82, 2.24) is 5.32 Å². The first-order valence-electron chi connectivity index (χ1n) is 6.30. The SMILES string of the molecule is CCc1ccccc1O[C@H]1CN[C@@H](C(=O)OC)C1. The van der Waals surface area contributed by atoms with Crippen molar-refractivity contribution >= 4 is 5.97 Å². The lowest BCUT2D eigenvalue weighted by Crippen LogP contribution is -2.31. The van der Waals surface area contributed by atoms with Crippen LogP contribution in [0, 0.1) is 0 Å². The van der Waals surface area contributed by atoms with Crippen molar-refractivity contribution in [1.29, 1.82) is 0 Å². The first-order valence-corrected chi connectivity index (χ1v) is 6.30. The van der Waals surface area contributed by atoms with E-state index < -0.39 is 0 Å². The number of hydrogen-bond acceptors (Lipinski definition) is 4. The van der Waals surface area contributed by atoms with Crippen LogP contribution < -0.4 is 10.1 Å². The monoisotopic (exact) mass is 249 g/mol. The molecule has 1 aromatic carbocycles. The summed E-state index contributed by atoms with van der Waals surface area (Å²) in [4.78, 5) is 11.4. The average Bonchev–Trinajstić information content (AvgIpc) is 2.87. The van der Waals surface area contributed by atoms with Gasteiger partial charge < -0.3 is 14.8 Å². The highest BCUT2D eigenvalue weighted by Gasteiger charge is 2.31. The van der Waals surface area contributed by atoms with Gasteiger partial charge in [-0.3, -0.25) is 4.79 Å². The van der Waals surface area contributed by atoms with Crippen LogP contribution in [0.5, 0.6) is 5.75 Å². The molecule has 4 nitrogen and oxygen atoms in total. The van der Waals surface area contributed by atoms with E-state index in [1.54, 1.807) is 0 Å². The van der Waals surface area contributed by atoms with Crippen LogP contribution in [0.15, 0.2) is 24.3 Å². The standard InChI is InChI=1S/C14H19NO3/c1-3-10-6-4-5-7-13(10)18-11-8-12(15-9-11)14(16)17-2/h4-7,11-12,15H,3,8-9H2,1-2H3/t11-,12-/m1/s1. The molecule has 0 unspecified atom stereocenters. The molecule has 1 heterocycles. The van der Waals surface area contributed by atoms with Gasteiger partial charge in [-0.05, 0) is 18.1 Å². The van der Waals surface area contributed by atoms with Crippen LogP contribution in [0.1, 0.15) is 18.9 Å². The summed E-state index contributed by atoms with van der Waals surface area (Å²) in [5, 5.41) is 3.12. The van der Waals surface area contributed by atoms with Gasteiger partial charge in [0, 0.05) is 13.0 Å². The lowest BCUT2D eigenvalue weighted by molar-refractivity contribution is -0.142. The maximum atomic E-state index is 11.4. The fourth-order valence-corrected chi connectivity index (χ4v) is 2.21. The number of methoxy groups -OCH3 is 1. The van der Waals surface area contributed by atoms with Crippen LogP contribution in [0.2, 0.25) is 0 Å². The van der Waals surface area contributed by atoms with Crippen molar-refractivity contribution < 1.29 is 14.3 Å². The molecule has 0 aromatic heterocycles. The Morgan fingerprint density at radius 1 is 1.44 bits per heavy atom. The zero-order chi connectivity index (χ0) is 13.0. The van der Waals surface area contributed by atoms with Gasteiger partial charge in [0.15, 0.2) is 0 Å². The van der Waals surface area contributed by atoms with Gasteiger partial charge in [-0.15, -0.1) is 0 Å². The highest BCUT2D eigenvalue weighted by molar-refractivity contribution is 5.76. The number of aryl methyl sites for hydroxylation is 1. The molecule has 1 aliphatic rings. The minimum atomic E-state index is -0.242. The lowest BCUT2D eigenvalue weighted by Gasteiger charge is -2.15. The third-order valence-electron chi connectivity index (χ3n) is 3.22. The van der Waals surface area contributed by atoms with Gasteiger partial charge in [0.1, 0.15) is 17.9 Å². The number of nitrogens with one attached hydrogen (secondary N) is 1. The van der Waals surface area contributed by atoms with Gasteiger partial charge in [-0.1, -0.05) is 25.1 Å². The molecule has 1 fully saturated rings. The number of esters is 1. The van der Waals surface area contributed by atoms with E-state index in [2.05, 4.69) is 18.3 Å². The first kappa shape index (κ1) is 12.9. The van der Waals surface area contributed by atoms with Crippen LogP contribution in [0.25, 0.3) is 0 Å². The highest BCUT2D eigenvalue weighted by Crippen LogP contribution is 2.22. The molecule has 0 bridgehead atoms. The molecule has 1 saturated heterocycles. The molecular formula is C14H19NO3. The van der Waals surface area contributed by atoms with Crippen LogP contribution in [0.4, 0.5) is 0 Å². The van der Waals surface area contributed by atoms with Crippen molar-refractivity contribution in [3.63, 3.8) is 0 Å². The Labute approximate surface area is 107 Å². The summed E-state index contributed by atoms with van der Waals surface area (Å²) in [6.07, 6.45) is 1.63. The largest absolute Gasteiger partial charge is 0.489 e. The number of para-hydroxylation sites is 1. The second kappa shape index (κ2) is 5.87. The van der Waals surface area contributed by atoms with Crippen molar-refractivity contribution in [3.05, 3.63) is 29.8 Å². The summed E-state index contributed by atoms with van der Waals surface area (Å²) in [7, 11) is 1.41. The van der Waals surface area contributed by atoms with Crippen LogP contribution in [-0.2, 0) is 16.0 Å². The number of benzene rings is 1. The summed E-state index contributed by atoms with van der Waals surface area (Å²) in [5.74, 6) is 0.696. The fraction of sp³-hybridized carbons (Fsp3) is 0.500. The van der Waals surface area contributed by atoms with Crippen molar-refractivity contribution in [2.24, 2.45) is 0 Å². The van der Waals surface area contributed by atoms with Crippen LogP contribution in [0.3, 0.4) is 0 Å². The quantitative estimate of drug-likeness (QED) is 0.822. The predicted molar refractivity (Wildman–Crippen MR) is 68.7 cm³/mol. The Hall–Kier alpha value is -1.55. The molecule has 0 radical (unpaired) electrons. The number of carbonyl (C=O) groups is 1. The lowest BCUT2D eigenvalue weighted by atomic mass is 10.1. The minimum Gasteiger partial charge on any atom is -0.489 e. The van der Waals surface area contributed by atoms with E-state index in [1.807, 2.05) is 18.2 Å². The Balaban J connectivity index is 1.97. The molecular weight excluding hydrogens is 230 g/mol. The maximum absolute atomic E-state index is 11.4. The molecule has 0 aliphatic carbocycles. The van der Waals surface area contributed by atoms with E-state index in [1.165, 1.54) is 12.7 Å². The molecule has 98 valence electrons. The van der Waals surface area contributed by atoms with Gasteiger partial charge in [-0.2, -0.15) is 0 Å². The van der Waals surface area contributed by atoms with E-state index in [9.17, 15) is 4.79 Å². The van der Waals surface area contributed by atoms with Crippen LogP contribution in [-0.4, -0.2) is 31.8 Å². The fourth-order valence-electron chi connectivity index (χ4n) is 2.21. The molecule has 0 amide bonds. The number of rotatable bonds is 4. The maximum Gasteiger partial charge on any atom is 0.323 e. The topological polar surface area (TPSA) is 47.6 Å². The second-order valence-electron chi connectivity index (χ2n) is 4.42. The summed E-state index contributed by atoms with van der Waals surface area (Å²) >= 11 is 0. The normalized spacial score (nSPS) is 22.8. The third kappa shape index (κ3) is 2.82. The van der Waals surface area contributed by atoms with E-state index in [0.717, 1.165) is 12.2 Å². The molecule has 4 heteroatoms. The van der Waals surface area contributed by atoms with Gasteiger partial charge in [0.2, 0.25) is 0 Å². The molecule has 2 atom stereocenters. The zero-order valence-corrected chi connectivity index (χ0v) is 10.8. The van der Waals surface area contributed by atoms with Crippen molar-refractivity contribution in [3.8, 4) is 5.75 Å².